The van der Waals surface area contributed by atoms with E-state index in [1.54, 1.807) is 0 Å². The molecule has 0 N–H and O–H groups in total. The summed E-state index contributed by atoms with van der Waals surface area (Å²) in [7, 11) is 0. The van der Waals surface area contributed by atoms with Crippen molar-refractivity contribution in [3.8, 4) is 0 Å². The van der Waals surface area contributed by atoms with Crippen molar-refractivity contribution in [2.45, 2.75) is 0 Å². The van der Waals surface area contributed by atoms with Gasteiger partial charge in [0.05, 0.1) is 14.8 Å². The second-order valence-corrected chi connectivity index (χ2v) is 3.73. The van der Waals surface area contributed by atoms with Crippen LogP contribution in [0.3, 0.4) is 0 Å². The molecule has 0 atom stereocenters. The van der Waals surface area contributed by atoms with Gasteiger partial charge in [-0.05, 0) is 38.5 Å². The molecule has 54 valence electrons. The van der Waals surface area contributed by atoms with Gasteiger partial charge < -0.3 is 0 Å². The predicted molar refractivity (Wildman–Crippen MR) is 49.6 cm³/mol. The van der Waals surface area contributed by atoms with Crippen LogP contribution in [0.5, 0.6) is 0 Å². The van der Waals surface area contributed by atoms with Gasteiger partial charge in [0, 0.05) is 0 Å². The number of hydrogen-bond donors (Lipinski definition) is 0. The lowest BCUT2D eigenvalue weighted by molar-refractivity contribution is 0.613. The van der Waals surface area contributed by atoms with Crippen LogP contribution in [-0.4, -0.2) is 4.98 Å². The third-order valence-corrected chi connectivity index (χ3v) is 3.45. The molecule has 0 fully saturated rings. The summed E-state index contributed by atoms with van der Waals surface area (Å²) < 4.78 is 13.4. The van der Waals surface area contributed by atoms with E-state index in [2.05, 4.69) is 20.9 Å². The molecule has 0 spiro atoms. The maximum Gasteiger partial charge on any atom is 0.156 e. The first-order chi connectivity index (χ1) is 4.63. The zero-order chi connectivity index (χ0) is 7.72. The average molecular weight is 336 g/mol. The van der Waals surface area contributed by atoms with Gasteiger partial charge in [-0.3, -0.25) is 0 Å². The Balaban J connectivity index is 3.34. The van der Waals surface area contributed by atoms with Gasteiger partial charge in [0.25, 0.3) is 0 Å². The number of hydrogen-bond acceptors (Lipinski definition) is 1. The van der Waals surface area contributed by atoms with E-state index in [0.29, 0.717) is 13.2 Å². The fourth-order valence-electron chi connectivity index (χ4n) is 0.422. The molecule has 1 aromatic rings. The fourth-order valence-corrected chi connectivity index (χ4v) is 1.63. The van der Waals surface area contributed by atoms with Gasteiger partial charge in [-0.25, -0.2) is 9.37 Å². The first kappa shape index (κ1) is 8.67. The molecule has 10 heavy (non-hydrogen) atoms. The largest absolute Gasteiger partial charge is 0.245 e. The quantitative estimate of drug-likeness (QED) is 0.524. The first-order valence-electron chi connectivity index (χ1n) is 2.28. The Hall–Kier alpha value is 0.580. The minimum absolute atomic E-state index is 0.320. The molecule has 0 saturated carbocycles. The molecular weight excluding hydrogens is 335 g/mol. The number of halogens is 4. The number of pyridine rings is 1. The van der Waals surface area contributed by atoms with Crippen molar-refractivity contribution >= 4 is 50.1 Å². The Kier molecular flexibility index (Phi) is 2.88. The van der Waals surface area contributed by atoms with Gasteiger partial charge in [-0.2, -0.15) is 0 Å². The first-order valence-corrected chi connectivity index (χ1v) is 4.53. The van der Waals surface area contributed by atoms with Crippen molar-refractivity contribution in [1.29, 1.82) is 0 Å². The van der Waals surface area contributed by atoms with Crippen molar-refractivity contribution < 1.29 is 4.39 Å². The molecule has 0 aliphatic carbocycles. The van der Waals surface area contributed by atoms with Crippen molar-refractivity contribution in [3.05, 3.63) is 25.2 Å². The highest BCUT2D eigenvalue weighted by Gasteiger charge is 2.07. The minimum atomic E-state index is -0.395. The Morgan fingerprint density at radius 2 is 2.30 bits per heavy atom. The summed E-state index contributed by atoms with van der Waals surface area (Å²) in [4.78, 5) is 3.64. The van der Waals surface area contributed by atoms with Crippen molar-refractivity contribution in [2.24, 2.45) is 0 Å². The van der Waals surface area contributed by atoms with E-state index in [-0.39, 0.29) is 0 Å². The molecule has 1 rings (SSSR count). The van der Waals surface area contributed by atoms with Crippen LogP contribution in [0.2, 0.25) is 5.02 Å². The summed E-state index contributed by atoms with van der Waals surface area (Å²) in [5.41, 5.74) is 0. The summed E-state index contributed by atoms with van der Waals surface area (Å²) >= 11 is 10.5. The zero-order valence-electron chi connectivity index (χ0n) is 4.54. The summed E-state index contributed by atoms with van der Waals surface area (Å²) in [6, 6.07) is 0. The van der Waals surface area contributed by atoms with Gasteiger partial charge in [-0.1, -0.05) is 11.6 Å². The van der Waals surface area contributed by atoms with Crippen LogP contribution in [0.25, 0.3) is 0 Å². The van der Waals surface area contributed by atoms with E-state index in [4.69, 9.17) is 11.6 Å². The maximum atomic E-state index is 12.6. The van der Waals surface area contributed by atoms with Crippen molar-refractivity contribution in [2.75, 3.05) is 0 Å². The Morgan fingerprint density at radius 3 is 2.80 bits per heavy atom. The highest BCUT2D eigenvalue weighted by atomic mass is 127. The molecule has 0 bridgehead atoms. The average Bonchev–Trinajstić information content (AvgIpc) is 1.93. The summed E-state index contributed by atoms with van der Waals surface area (Å²) in [5.74, 6) is -0.395. The number of aromatic nitrogens is 1. The lowest BCUT2D eigenvalue weighted by Crippen LogP contribution is -1.86. The molecule has 0 saturated heterocycles. The highest BCUT2D eigenvalue weighted by Crippen LogP contribution is 2.26. The lowest BCUT2D eigenvalue weighted by atomic mass is 10.5. The Morgan fingerprint density at radius 1 is 1.70 bits per heavy atom. The number of nitrogens with zero attached hydrogens (tertiary/aromatic N) is 1. The van der Waals surface area contributed by atoms with Gasteiger partial charge in [0.1, 0.15) is 4.60 Å². The maximum absolute atomic E-state index is 12.6. The molecular formula is C5HBrClFIN. The molecule has 1 heterocycles. The number of rotatable bonds is 0. The fraction of sp³-hybridized carbons (Fsp3) is 0. The topological polar surface area (TPSA) is 12.9 Å². The van der Waals surface area contributed by atoms with Gasteiger partial charge >= 0.3 is 0 Å². The molecule has 0 unspecified atom stereocenters. The van der Waals surface area contributed by atoms with Crippen LogP contribution in [0.1, 0.15) is 0 Å². The normalized spacial score (nSPS) is 10.0. The SMILES string of the molecule is Fc1cnc(Br)c(Cl)c1I. The highest BCUT2D eigenvalue weighted by molar-refractivity contribution is 14.1. The summed E-state index contributed by atoms with van der Waals surface area (Å²) in [6.45, 7) is 0. The molecule has 5 heteroatoms. The Bertz CT molecular complexity index is 241. The van der Waals surface area contributed by atoms with Crippen LogP contribution in [0, 0.1) is 9.39 Å². The van der Waals surface area contributed by atoms with Crippen LogP contribution in [0.4, 0.5) is 4.39 Å². The minimum Gasteiger partial charge on any atom is -0.245 e. The van der Waals surface area contributed by atoms with Crippen molar-refractivity contribution in [3.63, 3.8) is 0 Å². The van der Waals surface area contributed by atoms with Crippen molar-refractivity contribution in [1.82, 2.24) is 4.98 Å². The monoisotopic (exact) mass is 335 g/mol. The summed E-state index contributed by atoms with van der Waals surface area (Å²) in [5, 5.41) is 0.320. The molecule has 0 radical (unpaired) electrons. The van der Waals surface area contributed by atoms with E-state index in [0.717, 1.165) is 6.20 Å². The molecule has 0 aromatic carbocycles. The zero-order valence-corrected chi connectivity index (χ0v) is 9.04. The van der Waals surface area contributed by atoms with E-state index in [1.807, 2.05) is 22.6 Å². The van der Waals surface area contributed by atoms with Gasteiger partial charge in [-0.15, -0.1) is 0 Å². The lowest BCUT2D eigenvalue weighted by Gasteiger charge is -1.97. The van der Waals surface area contributed by atoms with Crippen LogP contribution >= 0.6 is 50.1 Å². The molecule has 1 nitrogen and oxygen atoms in total. The van der Waals surface area contributed by atoms with E-state index in [9.17, 15) is 4.39 Å². The van der Waals surface area contributed by atoms with E-state index < -0.39 is 5.82 Å². The predicted octanol–water partition coefficient (Wildman–Crippen LogP) is 3.24. The standard InChI is InChI=1S/C5HBrClFIN/c6-5-3(7)4(9)2(8)1-10-5/h1H. The van der Waals surface area contributed by atoms with E-state index in [1.165, 1.54) is 0 Å². The second kappa shape index (κ2) is 3.32. The third kappa shape index (κ3) is 1.60. The molecule has 1 aromatic heterocycles. The van der Waals surface area contributed by atoms with Crippen LogP contribution in [-0.2, 0) is 0 Å². The van der Waals surface area contributed by atoms with Gasteiger partial charge in [0.15, 0.2) is 5.82 Å². The molecule has 0 amide bonds. The van der Waals surface area contributed by atoms with E-state index >= 15 is 0 Å². The van der Waals surface area contributed by atoms with Crippen LogP contribution in [0.15, 0.2) is 10.8 Å². The van der Waals surface area contributed by atoms with Gasteiger partial charge in [0.2, 0.25) is 0 Å². The molecule has 0 aliphatic heterocycles. The second-order valence-electron chi connectivity index (χ2n) is 1.52. The smallest absolute Gasteiger partial charge is 0.156 e. The third-order valence-electron chi connectivity index (χ3n) is 0.875. The molecule has 0 aliphatic rings. The Labute approximate surface area is 84.2 Å². The van der Waals surface area contributed by atoms with Crippen LogP contribution < -0.4 is 0 Å². The summed E-state index contributed by atoms with van der Waals surface area (Å²) in [6.07, 6.45) is 1.12.